The number of carbonyl (C=O) groups is 1. The molecule has 0 saturated carbocycles. The second-order valence-electron chi connectivity index (χ2n) is 8.97. The first kappa shape index (κ1) is 22.5. The van der Waals surface area contributed by atoms with Crippen molar-refractivity contribution in [3.63, 3.8) is 0 Å². The van der Waals surface area contributed by atoms with Gasteiger partial charge in [-0.3, -0.25) is 14.7 Å². The molecule has 2 fully saturated rings. The lowest BCUT2D eigenvalue weighted by Gasteiger charge is -2.52. The van der Waals surface area contributed by atoms with Crippen LogP contribution in [0, 0.1) is 5.92 Å². The molecule has 32 heavy (non-hydrogen) atoms. The molecule has 6 nitrogen and oxygen atoms in total. The molecular formula is C26H34N4O2. The van der Waals surface area contributed by atoms with Crippen LogP contribution >= 0.6 is 0 Å². The van der Waals surface area contributed by atoms with Gasteiger partial charge >= 0.3 is 0 Å². The van der Waals surface area contributed by atoms with Crippen molar-refractivity contribution in [1.29, 1.82) is 0 Å². The molecule has 2 aromatic rings. The highest BCUT2D eigenvalue weighted by atomic mass is 16.5. The minimum atomic E-state index is 0.0574. The molecule has 2 aliphatic heterocycles. The monoisotopic (exact) mass is 434 g/mol. The average Bonchev–Trinajstić information content (AvgIpc) is 3.23. The number of H-pyrrole nitrogens is 1. The summed E-state index contributed by atoms with van der Waals surface area (Å²) < 4.78 is 5.64. The summed E-state index contributed by atoms with van der Waals surface area (Å²) >= 11 is 0. The highest BCUT2D eigenvalue weighted by Crippen LogP contribution is 2.35. The van der Waals surface area contributed by atoms with Crippen molar-refractivity contribution in [3.05, 3.63) is 67.0 Å². The molecule has 6 heteroatoms. The van der Waals surface area contributed by atoms with Gasteiger partial charge in [0.2, 0.25) is 0 Å². The number of hydrogen-bond donors (Lipinski definition) is 1. The lowest BCUT2D eigenvalue weighted by atomic mass is 9.83. The van der Waals surface area contributed by atoms with E-state index in [0.29, 0.717) is 18.2 Å². The maximum absolute atomic E-state index is 13.1. The lowest BCUT2D eigenvalue weighted by molar-refractivity contribution is -0.147. The van der Waals surface area contributed by atoms with Crippen LogP contribution in [0.4, 0.5) is 0 Å². The van der Waals surface area contributed by atoms with Crippen LogP contribution in [0.5, 0.6) is 0 Å². The van der Waals surface area contributed by atoms with E-state index in [9.17, 15) is 4.79 Å². The number of aromatic amines is 1. The van der Waals surface area contributed by atoms with Crippen LogP contribution < -0.4 is 0 Å². The highest BCUT2D eigenvalue weighted by molar-refractivity contribution is 5.97. The van der Waals surface area contributed by atoms with Gasteiger partial charge in [-0.2, -0.15) is 0 Å². The molecule has 0 spiro atoms. The number of rotatable bonds is 9. The summed E-state index contributed by atoms with van der Waals surface area (Å²) in [4.78, 5) is 25.3. The number of fused-ring (bicyclic) bond motifs is 1. The molecule has 2 saturated heterocycles. The Balaban J connectivity index is 1.36. The molecule has 1 N–H and O–H groups in total. The number of pyridine rings is 1. The maximum Gasteiger partial charge on any atom is 0.270 e. The molecule has 2 aromatic heterocycles. The Morgan fingerprint density at radius 2 is 2.16 bits per heavy atom. The molecule has 0 radical (unpaired) electrons. The third-order valence-corrected chi connectivity index (χ3v) is 6.92. The van der Waals surface area contributed by atoms with Crippen molar-refractivity contribution < 1.29 is 9.53 Å². The number of ether oxygens (including phenoxy) is 1. The van der Waals surface area contributed by atoms with Crippen molar-refractivity contribution in [2.75, 3.05) is 39.4 Å². The molecule has 0 bridgehead atoms. The van der Waals surface area contributed by atoms with E-state index in [2.05, 4.69) is 34.9 Å². The fourth-order valence-corrected chi connectivity index (χ4v) is 4.96. The predicted octanol–water partition coefficient (Wildman–Crippen LogP) is 4.19. The third kappa shape index (κ3) is 4.57. The van der Waals surface area contributed by atoms with Crippen molar-refractivity contribution in [3.8, 4) is 0 Å². The minimum Gasteiger partial charge on any atom is -0.377 e. The van der Waals surface area contributed by atoms with Crippen molar-refractivity contribution in [2.45, 2.75) is 31.7 Å². The quantitative estimate of drug-likeness (QED) is 0.601. The molecule has 0 atom stereocenters. The molecule has 4 heterocycles. The summed E-state index contributed by atoms with van der Waals surface area (Å²) in [7, 11) is 0. The van der Waals surface area contributed by atoms with Gasteiger partial charge in [-0.1, -0.05) is 31.4 Å². The summed E-state index contributed by atoms with van der Waals surface area (Å²) in [5, 5.41) is 0. The van der Waals surface area contributed by atoms with Crippen LogP contribution in [-0.2, 0) is 4.74 Å². The molecule has 0 aliphatic carbocycles. The zero-order chi connectivity index (χ0) is 22.6. The zero-order valence-electron chi connectivity index (χ0n) is 19.1. The van der Waals surface area contributed by atoms with E-state index >= 15 is 0 Å². The lowest BCUT2D eigenvalue weighted by Crippen LogP contribution is -2.64. The summed E-state index contributed by atoms with van der Waals surface area (Å²) in [5.74, 6) is 0.570. The largest absolute Gasteiger partial charge is 0.377 e. The molecular weight excluding hydrogens is 400 g/mol. The van der Waals surface area contributed by atoms with E-state index in [-0.39, 0.29) is 11.4 Å². The van der Waals surface area contributed by atoms with E-state index in [1.165, 1.54) is 5.57 Å². The SMILES string of the molecule is C=C/C=C(\C=C)CC1(N2CCC(CN(CC)C(=O)c3cc4ncccc4[nH]3)CC2)COC1. The fourth-order valence-electron chi connectivity index (χ4n) is 4.96. The van der Waals surface area contributed by atoms with Gasteiger partial charge in [-0.05, 0) is 69.0 Å². The van der Waals surface area contributed by atoms with Crippen LogP contribution in [0.3, 0.4) is 0 Å². The Labute approximate surface area is 190 Å². The Bertz CT molecular complexity index is 963. The third-order valence-electron chi connectivity index (χ3n) is 6.92. The van der Waals surface area contributed by atoms with Gasteiger partial charge in [0.1, 0.15) is 5.69 Å². The van der Waals surface area contributed by atoms with E-state index < -0.39 is 0 Å². The first-order chi connectivity index (χ1) is 15.6. The first-order valence-electron chi connectivity index (χ1n) is 11.6. The maximum atomic E-state index is 13.1. The second kappa shape index (κ2) is 9.84. The van der Waals surface area contributed by atoms with Gasteiger partial charge in [0, 0.05) is 19.3 Å². The second-order valence-corrected chi connectivity index (χ2v) is 8.97. The standard InChI is InChI=1S/C26H34N4O2/c1-4-8-20(5-2)16-26(18-32-19-26)30-13-10-21(11-14-30)17-29(6-3)25(31)24-15-23-22(28-24)9-7-12-27-23/h4-5,7-9,12,15,21,28H,1-2,6,10-11,13-14,16-19H2,3H3/b20-8+. The summed E-state index contributed by atoms with van der Waals surface area (Å²) in [6.07, 6.45) is 10.7. The Hall–Kier alpha value is -2.70. The van der Waals surface area contributed by atoms with Crippen LogP contribution in [0.2, 0.25) is 0 Å². The Kier molecular flexibility index (Phi) is 6.92. The number of carbonyl (C=O) groups excluding carboxylic acids is 1. The van der Waals surface area contributed by atoms with Crippen molar-refractivity contribution in [1.82, 2.24) is 19.8 Å². The molecule has 2 aliphatic rings. The van der Waals surface area contributed by atoms with E-state index in [1.54, 1.807) is 6.20 Å². The smallest absolute Gasteiger partial charge is 0.270 e. The molecule has 170 valence electrons. The molecule has 1 amide bonds. The van der Waals surface area contributed by atoms with Crippen molar-refractivity contribution in [2.24, 2.45) is 5.92 Å². The number of allylic oxidation sites excluding steroid dienone is 3. The van der Waals surface area contributed by atoms with Crippen LogP contribution in [0.25, 0.3) is 11.0 Å². The Morgan fingerprint density at radius 3 is 2.75 bits per heavy atom. The van der Waals surface area contributed by atoms with E-state index in [1.807, 2.05) is 41.3 Å². The Morgan fingerprint density at radius 1 is 1.38 bits per heavy atom. The molecule has 0 unspecified atom stereocenters. The molecule has 4 rings (SSSR count). The zero-order valence-corrected chi connectivity index (χ0v) is 19.1. The first-order valence-corrected chi connectivity index (χ1v) is 11.6. The van der Waals surface area contributed by atoms with Crippen molar-refractivity contribution >= 4 is 16.9 Å². The molecule has 0 aromatic carbocycles. The van der Waals surface area contributed by atoms with Gasteiger partial charge in [0.15, 0.2) is 0 Å². The summed E-state index contributed by atoms with van der Waals surface area (Å²) in [6.45, 7) is 14.9. The summed E-state index contributed by atoms with van der Waals surface area (Å²) in [5.41, 5.74) is 3.64. The van der Waals surface area contributed by atoms with Gasteiger partial charge < -0.3 is 14.6 Å². The van der Waals surface area contributed by atoms with Crippen LogP contribution in [0.15, 0.2) is 61.4 Å². The van der Waals surface area contributed by atoms with Gasteiger partial charge in [0.25, 0.3) is 5.91 Å². The van der Waals surface area contributed by atoms with Gasteiger partial charge in [-0.25, -0.2) is 0 Å². The topological polar surface area (TPSA) is 61.5 Å². The number of nitrogens with zero attached hydrogens (tertiary/aromatic N) is 3. The number of piperidine rings is 1. The fraction of sp³-hybridized carbons (Fsp3) is 0.462. The van der Waals surface area contributed by atoms with Gasteiger partial charge in [0.05, 0.1) is 29.8 Å². The number of nitrogens with one attached hydrogen (secondary N) is 1. The minimum absolute atomic E-state index is 0.0574. The van der Waals surface area contributed by atoms with Crippen LogP contribution in [0.1, 0.15) is 36.7 Å². The normalized spacial score (nSPS) is 19.5. The number of hydrogen-bond acceptors (Lipinski definition) is 4. The number of aromatic nitrogens is 2. The van der Waals surface area contributed by atoms with Crippen LogP contribution in [-0.4, -0.2) is 70.6 Å². The number of amides is 1. The average molecular weight is 435 g/mol. The number of likely N-dealkylation sites (tertiary alicyclic amines) is 1. The highest BCUT2D eigenvalue weighted by Gasteiger charge is 2.45. The van der Waals surface area contributed by atoms with E-state index in [0.717, 1.165) is 63.1 Å². The summed E-state index contributed by atoms with van der Waals surface area (Å²) in [6, 6.07) is 5.69. The van der Waals surface area contributed by atoms with Gasteiger partial charge in [-0.15, -0.1) is 0 Å². The predicted molar refractivity (Wildman–Crippen MR) is 129 cm³/mol. The van der Waals surface area contributed by atoms with E-state index in [4.69, 9.17) is 4.74 Å².